The first kappa shape index (κ1) is 14.2. The predicted molar refractivity (Wildman–Crippen MR) is 73.1 cm³/mol. The Morgan fingerprint density at radius 2 is 2.05 bits per heavy atom. The zero-order valence-electron chi connectivity index (χ0n) is 9.71. The molecule has 0 saturated carbocycles. The van der Waals surface area contributed by atoms with Gasteiger partial charge in [0.05, 0.1) is 4.92 Å². The molecule has 102 valence electrons. The molecule has 9 heteroatoms. The number of carbonyl (C=O) groups excluding carboxylic acids is 1. The Balaban J connectivity index is 2.22. The molecule has 7 nitrogen and oxygen atoms in total. The van der Waals surface area contributed by atoms with Crippen LogP contribution in [-0.4, -0.2) is 20.8 Å². The van der Waals surface area contributed by atoms with Gasteiger partial charge in [0.15, 0.2) is 0 Å². The SMILES string of the molecule is O=C(Nc1nccc(Cl)n1)c1ccc([N+](=O)[O-])c(Cl)c1. The highest BCUT2D eigenvalue weighted by Gasteiger charge is 2.15. The van der Waals surface area contributed by atoms with Crippen molar-refractivity contribution in [3.8, 4) is 0 Å². The van der Waals surface area contributed by atoms with Gasteiger partial charge in [-0.25, -0.2) is 9.97 Å². The van der Waals surface area contributed by atoms with Gasteiger partial charge in [-0.15, -0.1) is 0 Å². The van der Waals surface area contributed by atoms with Crippen molar-refractivity contribution in [2.24, 2.45) is 0 Å². The summed E-state index contributed by atoms with van der Waals surface area (Å²) in [5.74, 6) is -0.527. The first-order chi connectivity index (χ1) is 9.47. The van der Waals surface area contributed by atoms with Crippen LogP contribution >= 0.6 is 23.2 Å². The van der Waals surface area contributed by atoms with E-state index in [1.54, 1.807) is 0 Å². The van der Waals surface area contributed by atoms with Crippen LogP contribution in [0.25, 0.3) is 0 Å². The Labute approximate surface area is 122 Å². The highest BCUT2D eigenvalue weighted by Crippen LogP contribution is 2.25. The van der Waals surface area contributed by atoms with Crippen molar-refractivity contribution in [2.45, 2.75) is 0 Å². The average Bonchev–Trinajstić information content (AvgIpc) is 2.38. The molecule has 0 aliphatic carbocycles. The smallest absolute Gasteiger partial charge is 0.287 e. The molecule has 1 aromatic heterocycles. The minimum atomic E-state index is -0.635. The Kier molecular flexibility index (Phi) is 4.11. The quantitative estimate of drug-likeness (QED) is 0.533. The van der Waals surface area contributed by atoms with Crippen molar-refractivity contribution in [2.75, 3.05) is 5.32 Å². The van der Waals surface area contributed by atoms with Crippen molar-refractivity contribution in [3.05, 3.63) is 56.3 Å². The lowest BCUT2D eigenvalue weighted by Gasteiger charge is -2.04. The molecule has 0 aliphatic heterocycles. The van der Waals surface area contributed by atoms with Crippen molar-refractivity contribution in [1.29, 1.82) is 0 Å². The van der Waals surface area contributed by atoms with Gasteiger partial charge in [0.25, 0.3) is 11.6 Å². The lowest BCUT2D eigenvalue weighted by atomic mass is 10.2. The van der Waals surface area contributed by atoms with E-state index in [1.165, 1.54) is 24.4 Å². The largest absolute Gasteiger partial charge is 0.290 e. The predicted octanol–water partition coefficient (Wildman–Crippen LogP) is 2.94. The van der Waals surface area contributed by atoms with E-state index in [4.69, 9.17) is 23.2 Å². The van der Waals surface area contributed by atoms with E-state index in [-0.39, 0.29) is 27.4 Å². The number of anilines is 1. The van der Waals surface area contributed by atoms with Crippen LogP contribution in [0.1, 0.15) is 10.4 Å². The average molecular weight is 313 g/mol. The molecule has 0 spiro atoms. The van der Waals surface area contributed by atoms with Gasteiger partial charge in [-0.2, -0.15) is 0 Å². The maximum atomic E-state index is 11.9. The second kappa shape index (κ2) is 5.81. The van der Waals surface area contributed by atoms with Crippen molar-refractivity contribution >= 4 is 40.7 Å². The molecule has 0 radical (unpaired) electrons. The maximum absolute atomic E-state index is 11.9. The van der Waals surface area contributed by atoms with E-state index in [9.17, 15) is 14.9 Å². The number of aromatic nitrogens is 2. The monoisotopic (exact) mass is 312 g/mol. The number of hydrogen-bond donors (Lipinski definition) is 1. The molecule has 0 aliphatic rings. The van der Waals surface area contributed by atoms with Crippen molar-refractivity contribution < 1.29 is 9.72 Å². The molecule has 0 fully saturated rings. The maximum Gasteiger partial charge on any atom is 0.287 e. The minimum Gasteiger partial charge on any atom is -0.290 e. The number of hydrogen-bond acceptors (Lipinski definition) is 5. The summed E-state index contributed by atoms with van der Waals surface area (Å²) in [7, 11) is 0. The summed E-state index contributed by atoms with van der Waals surface area (Å²) in [5.41, 5.74) is -0.133. The first-order valence-corrected chi connectivity index (χ1v) is 5.97. The zero-order valence-corrected chi connectivity index (χ0v) is 11.2. The first-order valence-electron chi connectivity index (χ1n) is 5.21. The second-order valence-electron chi connectivity index (χ2n) is 3.58. The Morgan fingerprint density at radius 3 is 2.65 bits per heavy atom. The van der Waals surface area contributed by atoms with Crippen LogP contribution in [0, 0.1) is 10.1 Å². The fraction of sp³-hybridized carbons (Fsp3) is 0. The zero-order chi connectivity index (χ0) is 14.7. The summed E-state index contributed by atoms with van der Waals surface area (Å²) < 4.78 is 0. The summed E-state index contributed by atoms with van der Waals surface area (Å²) in [6, 6.07) is 5.08. The van der Waals surface area contributed by atoms with Crippen LogP contribution in [0.15, 0.2) is 30.5 Å². The molecule has 0 unspecified atom stereocenters. The minimum absolute atomic E-state index is 0.0250. The summed E-state index contributed by atoms with van der Waals surface area (Å²) in [6.45, 7) is 0. The molecule has 0 bridgehead atoms. The summed E-state index contributed by atoms with van der Waals surface area (Å²) in [6.07, 6.45) is 1.38. The number of nitrogens with one attached hydrogen (secondary N) is 1. The molecule has 1 amide bonds. The molecular formula is C11H6Cl2N4O3. The van der Waals surface area contributed by atoms with Crippen LogP contribution in [0.2, 0.25) is 10.2 Å². The van der Waals surface area contributed by atoms with Gasteiger partial charge < -0.3 is 0 Å². The molecular weight excluding hydrogens is 307 g/mol. The normalized spacial score (nSPS) is 10.1. The highest BCUT2D eigenvalue weighted by atomic mass is 35.5. The summed E-state index contributed by atoms with van der Waals surface area (Å²) in [4.78, 5) is 29.5. The number of rotatable bonds is 3. The van der Waals surface area contributed by atoms with E-state index in [0.717, 1.165) is 6.07 Å². The number of nitrogens with zero attached hydrogens (tertiary/aromatic N) is 3. The Hall–Kier alpha value is -2.25. The molecule has 0 saturated heterocycles. The van der Waals surface area contributed by atoms with Gasteiger partial charge in [-0.3, -0.25) is 20.2 Å². The Bertz CT molecular complexity index is 693. The molecule has 1 heterocycles. The van der Waals surface area contributed by atoms with Gasteiger partial charge >= 0.3 is 0 Å². The van der Waals surface area contributed by atoms with Gasteiger partial charge in [0.1, 0.15) is 10.2 Å². The van der Waals surface area contributed by atoms with Gasteiger partial charge in [0.2, 0.25) is 5.95 Å². The molecule has 20 heavy (non-hydrogen) atoms. The number of nitro benzene ring substituents is 1. The van der Waals surface area contributed by atoms with Gasteiger partial charge in [0, 0.05) is 17.8 Å². The molecule has 1 aromatic carbocycles. The summed E-state index contributed by atoms with van der Waals surface area (Å²) >= 11 is 11.4. The third-order valence-corrected chi connectivity index (χ3v) is 2.77. The lowest BCUT2D eigenvalue weighted by molar-refractivity contribution is -0.384. The third kappa shape index (κ3) is 3.19. The number of amides is 1. The van der Waals surface area contributed by atoms with Crippen LogP contribution in [0.3, 0.4) is 0 Å². The van der Waals surface area contributed by atoms with E-state index in [1.807, 2.05) is 0 Å². The number of benzene rings is 1. The van der Waals surface area contributed by atoms with E-state index < -0.39 is 10.8 Å². The molecule has 0 atom stereocenters. The number of nitro groups is 1. The third-order valence-electron chi connectivity index (χ3n) is 2.25. The van der Waals surface area contributed by atoms with Crippen LogP contribution < -0.4 is 5.32 Å². The van der Waals surface area contributed by atoms with Crippen molar-refractivity contribution in [3.63, 3.8) is 0 Å². The summed E-state index contributed by atoms with van der Waals surface area (Å²) in [5, 5.41) is 13.1. The van der Waals surface area contributed by atoms with E-state index in [2.05, 4.69) is 15.3 Å². The van der Waals surface area contributed by atoms with E-state index >= 15 is 0 Å². The van der Waals surface area contributed by atoms with Crippen molar-refractivity contribution in [1.82, 2.24) is 9.97 Å². The standard InChI is InChI=1S/C11H6Cl2N4O3/c12-7-5-6(1-2-8(7)17(19)20)10(18)16-11-14-4-3-9(13)15-11/h1-5H,(H,14,15,16,18). The van der Waals surface area contributed by atoms with Crippen LogP contribution in [0.4, 0.5) is 11.6 Å². The molecule has 2 aromatic rings. The van der Waals surface area contributed by atoms with Gasteiger partial charge in [-0.05, 0) is 18.2 Å². The second-order valence-corrected chi connectivity index (χ2v) is 4.37. The number of halogens is 2. The lowest BCUT2D eigenvalue weighted by Crippen LogP contribution is -2.14. The fourth-order valence-electron chi connectivity index (χ4n) is 1.37. The number of carbonyl (C=O) groups is 1. The topological polar surface area (TPSA) is 98.0 Å². The van der Waals surface area contributed by atoms with Gasteiger partial charge in [-0.1, -0.05) is 23.2 Å². The highest BCUT2D eigenvalue weighted by molar-refractivity contribution is 6.33. The fourth-order valence-corrected chi connectivity index (χ4v) is 1.75. The van der Waals surface area contributed by atoms with Crippen LogP contribution in [0.5, 0.6) is 0 Å². The van der Waals surface area contributed by atoms with Crippen LogP contribution in [-0.2, 0) is 0 Å². The Morgan fingerprint density at radius 1 is 1.30 bits per heavy atom. The molecule has 1 N–H and O–H groups in total. The van der Waals surface area contributed by atoms with E-state index in [0.29, 0.717) is 0 Å². The molecule has 2 rings (SSSR count).